The Labute approximate surface area is 141 Å². The lowest BCUT2D eigenvalue weighted by atomic mass is 10.2. The molecule has 3 rings (SSSR count). The molecule has 0 bridgehead atoms. The molecule has 1 fully saturated rings. The number of benzene rings is 1. The first-order chi connectivity index (χ1) is 11.3. The zero-order valence-corrected chi connectivity index (χ0v) is 14.1. The van der Waals surface area contributed by atoms with Gasteiger partial charge in [-0.3, -0.25) is 9.69 Å². The molecular weight excluding hydrogens is 308 g/mol. The number of thiophene rings is 1. The lowest BCUT2D eigenvalue weighted by Gasteiger charge is -2.23. The SMILES string of the molecule is CCOc1ccccc1NC(=O)CN1CCC[C@@H]1c1cccs1. The number of hydrogen-bond acceptors (Lipinski definition) is 4. The molecule has 0 unspecified atom stereocenters. The second-order valence-corrected chi connectivity index (χ2v) is 6.60. The minimum Gasteiger partial charge on any atom is -0.492 e. The molecule has 0 aliphatic carbocycles. The molecule has 0 saturated carbocycles. The Balaban J connectivity index is 1.63. The lowest BCUT2D eigenvalue weighted by Crippen LogP contribution is -2.32. The van der Waals surface area contributed by atoms with Crippen LogP contribution in [0.4, 0.5) is 5.69 Å². The quantitative estimate of drug-likeness (QED) is 0.873. The van der Waals surface area contributed by atoms with Crippen LogP contribution in [0.3, 0.4) is 0 Å². The van der Waals surface area contributed by atoms with Gasteiger partial charge in [0.2, 0.25) is 5.91 Å². The number of carbonyl (C=O) groups excluding carboxylic acids is 1. The van der Waals surface area contributed by atoms with Crippen LogP contribution in [0, 0.1) is 0 Å². The maximum Gasteiger partial charge on any atom is 0.238 e. The normalized spacial score (nSPS) is 18.0. The Hall–Kier alpha value is -1.85. The van der Waals surface area contributed by atoms with E-state index in [0.717, 1.165) is 30.8 Å². The molecule has 1 aromatic carbocycles. The van der Waals surface area contributed by atoms with E-state index in [4.69, 9.17) is 4.74 Å². The number of rotatable bonds is 6. The standard InChI is InChI=1S/C18H22N2O2S/c1-2-22-16-9-4-3-7-14(16)19-18(21)13-20-11-5-8-15(20)17-10-6-12-23-17/h3-4,6-7,9-10,12,15H,2,5,8,11,13H2,1H3,(H,19,21)/t15-/m1/s1. The minimum absolute atomic E-state index is 0.0145. The molecule has 1 aromatic heterocycles. The molecule has 2 aromatic rings. The molecule has 1 aliphatic heterocycles. The van der Waals surface area contributed by atoms with Crippen LogP contribution in [0.25, 0.3) is 0 Å². The molecule has 1 atom stereocenters. The second-order valence-electron chi connectivity index (χ2n) is 5.62. The van der Waals surface area contributed by atoms with Gasteiger partial charge in [0.25, 0.3) is 0 Å². The predicted molar refractivity (Wildman–Crippen MR) is 94.1 cm³/mol. The number of carbonyl (C=O) groups is 1. The van der Waals surface area contributed by atoms with Gasteiger partial charge in [-0.1, -0.05) is 18.2 Å². The Kier molecular flexibility index (Phi) is 5.31. The van der Waals surface area contributed by atoms with Gasteiger partial charge in [-0.25, -0.2) is 0 Å². The zero-order chi connectivity index (χ0) is 16.1. The fourth-order valence-electron chi connectivity index (χ4n) is 3.04. The number of ether oxygens (including phenoxy) is 1. The molecule has 23 heavy (non-hydrogen) atoms. The fourth-order valence-corrected chi connectivity index (χ4v) is 3.94. The third-order valence-electron chi connectivity index (χ3n) is 4.04. The van der Waals surface area contributed by atoms with Crippen LogP contribution in [0.15, 0.2) is 41.8 Å². The number of hydrogen-bond donors (Lipinski definition) is 1. The third-order valence-corrected chi connectivity index (χ3v) is 5.02. The van der Waals surface area contributed by atoms with E-state index < -0.39 is 0 Å². The first-order valence-electron chi connectivity index (χ1n) is 8.07. The molecule has 4 nitrogen and oxygen atoms in total. The van der Waals surface area contributed by atoms with Crippen molar-refractivity contribution in [2.45, 2.75) is 25.8 Å². The van der Waals surface area contributed by atoms with Crippen molar-refractivity contribution < 1.29 is 9.53 Å². The highest BCUT2D eigenvalue weighted by Crippen LogP contribution is 2.34. The number of amides is 1. The Bertz CT molecular complexity index is 642. The van der Waals surface area contributed by atoms with E-state index >= 15 is 0 Å². The van der Waals surface area contributed by atoms with Crippen molar-refractivity contribution in [1.29, 1.82) is 0 Å². The van der Waals surface area contributed by atoms with Crippen LogP contribution >= 0.6 is 11.3 Å². The van der Waals surface area contributed by atoms with Gasteiger partial charge < -0.3 is 10.1 Å². The van der Waals surface area contributed by atoms with Gasteiger partial charge in [-0.15, -0.1) is 11.3 Å². The van der Waals surface area contributed by atoms with Gasteiger partial charge in [0, 0.05) is 10.9 Å². The minimum atomic E-state index is 0.0145. The van der Waals surface area contributed by atoms with Crippen molar-refractivity contribution in [2.24, 2.45) is 0 Å². The van der Waals surface area contributed by atoms with Crippen LogP contribution in [0.1, 0.15) is 30.7 Å². The van der Waals surface area contributed by atoms with E-state index in [-0.39, 0.29) is 5.91 Å². The smallest absolute Gasteiger partial charge is 0.238 e. The number of anilines is 1. The monoisotopic (exact) mass is 330 g/mol. The summed E-state index contributed by atoms with van der Waals surface area (Å²) in [6.45, 7) is 3.92. The highest BCUT2D eigenvalue weighted by molar-refractivity contribution is 7.10. The van der Waals surface area contributed by atoms with E-state index in [2.05, 4.69) is 27.7 Å². The maximum atomic E-state index is 12.4. The molecule has 0 radical (unpaired) electrons. The molecular formula is C18H22N2O2S. The van der Waals surface area contributed by atoms with E-state index in [1.807, 2.05) is 31.2 Å². The number of nitrogens with zero attached hydrogens (tertiary/aromatic N) is 1. The van der Waals surface area contributed by atoms with E-state index in [0.29, 0.717) is 19.2 Å². The summed E-state index contributed by atoms with van der Waals surface area (Å²) in [5.74, 6) is 0.736. The van der Waals surface area contributed by atoms with Crippen LogP contribution in [-0.2, 0) is 4.79 Å². The van der Waals surface area contributed by atoms with E-state index in [1.54, 1.807) is 11.3 Å². The van der Waals surface area contributed by atoms with Gasteiger partial charge >= 0.3 is 0 Å². The third kappa shape index (κ3) is 3.92. The average molecular weight is 330 g/mol. The summed E-state index contributed by atoms with van der Waals surface area (Å²) in [6.07, 6.45) is 2.27. The molecule has 5 heteroatoms. The first kappa shape index (κ1) is 16.0. The van der Waals surface area contributed by atoms with Gasteiger partial charge in [-0.2, -0.15) is 0 Å². The van der Waals surface area contributed by atoms with Crippen LogP contribution in [-0.4, -0.2) is 30.5 Å². The summed E-state index contributed by atoms with van der Waals surface area (Å²) >= 11 is 1.77. The van der Waals surface area contributed by atoms with Crippen molar-refractivity contribution in [3.8, 4) is 5.75 Å². The summed E-state index contributed by atoms with van der Waals surface area (Å²) in [6, 6.07) is 12.2. The van der Waals surface area contributed by atoms with Crippen molar-refractivity contribution in [3.63, 3.8) is 0 Å². The number of para-hydroxylation sites is 2. The summed E-state index contributed by atoms with van der Waals surface area (Å²) < 4.78 is 5.56. The number of nitrogens with one attached hydrogen (secondary N) is 1. The molecule has 1 aliphatic rings. The van der Waals surface area contributed by atoms with Crippen LogP contribution < -0.4 is 10.1 Å². The molecule has 0 spiro atoms. The second kappa shape index (κ2) is 7.62. The first-order valence-corrected chi connectivity index (χ1v) is 8.95. The largest absolute Gasteiger partial charge is 0.492 e. The lowest BCUT2D eigenvalue weighted by molar-refractivity contribution is -0.117. The highest BCUT2D eigenvalue weighted by atomic mass is 32.1. The maximum absolute atomic E-state index is 12.4. The predicted octanol–water partition coefficient (Wildman–Crippen LogP) is 3.92. The van der Waals surface area contributed by atoms with Crippen molar-refractivity contribution >= 4 is 22.9 Å². The van der Waals surface area contributed by atoms with Crippen molar-refractivity contribution in [1.82, 2.24) is 4.90 Å². The Morgan fingerprint density at radius 2 is 2.22 bits per heavy atom. The molecule has 1 saturated heterocycles. The Morgan fingerprint density at radius 1 is 1.35 bits per heavy atom. The summed E-state index contributed by atoms with van der Waals surface area (Å²) in [5.41, 5.74) is 0.742. The van der Waals surface area contributed by atoms with E-state index in [1.165, 1.54) is 4.88 Å². The topological polar surface area (TPSA) is 41.6 Å². The van der Waals surface area contributed by atoms with Gasteiger partial charge in [-0.05, 0) is 49.9 Å². The number of likely N-dealkylation sites (tertiary alicyclic amines) is 1. The van der Waals surface area contributed by atoms with Gasteiger partial charge in [0.05, 0.1) is 18.8 Å². The molecule has 2 heterocycles. The average Bonchev–Trinajstić information content (AvgIpc) is 3.20. The highest BCUT2D eigenvalue weighted by Gasteiger charge is 2.28. The summed E-state index contributed by atoms with van der Waals surface area (Å²) in [4.78, 5) is 16.1. The summed E-state index contributed by atoms with van der Waals surface area (Å²) in [7, 11) is 0. The Morgan fingerprint density at radius 3 is 3.00 bits per heavy atom. The van der Waals surface area contributed by atoms with E-state index in [9.17, 15) is 4.79 Å². The zero-order valence-electron chi connectivity index (χ0n) is 13.3. The van der Waals surface area contributed by atoms with Crippen LogP contribution in [0.5, 0.6) is 5.75 Å². The fraction of sp³-hybridized carbons (Fsp3) is 0.389. The summed E-state index contributed by atoms with van der Waals surface area (Å²) in [5, 5.41) is 5.09. The van der Waals surface area contributed by atoms with Gasteiger partial charge in [0.1, 0.15) is 5.75 Å². The van der Waals surface area contributed by atoms with Crippen molar-refractivity contribution in [3.05, 3.63) is 46.7 Å². The molecule has 122 valence electrons. The van der Waals surface area contributed by atoms with Crippen LogP contribution in [0.2, 0.25) is 0 Å². The molecule has 1 amide bonds. The van der Waals surface area contributed by atoms with Crippen molar-refractivity contribution in [2.75, 3.05) is 25.0 Å². The molecule has 1 N–H and O–H groups in total. The van der Waals surface area contributed by atoms with Gasteiger partial charge in [0.15, 0.2) is 0 Å².